The van der Waals surface area contributed by atoms with Crippen LogP contribution in [0.15, 0.2) is 42.5 Å². The minimum atomic E-state index is -0.560. The second-order valence-corrected chi connectivity index (χ2v) is 6.64. The van der Waals surface area contributed by atoms with Crippen molar-refractivity contribution in [2.45, 2.75) is 0 Å². The van der Waals surface area contributed by atoms with Gasteiger partial charge in [-0.3, -0.25) is 9.69 Å². The number of hydrogen-bond donors (Lipinski definition) is 0. The van der Waals surface area contributed by atoms with E-state index in [1.807, 2.05) is 18.2 Å². The van der Waals surface area contributed by atoms with Gasteiger partial charge in [0.1, 0.15) is 29.5 Å². The molecule has 5 nitrogen and oxygen atoms in total. The topological polar surface area (TPSA) is 42.0 Å². The van der Waals surface area contributed by atoms with Crippen LogP contribution in [0.3, 0.4) is 0 Å². The van der Waals surface area contributed by atoms with Gasteiger partial charge in [-0.25, -0.2) is 4.39 Å². The van der Waals surface area contributed by atoms with Gasteiger partial charge in [0.15, 0.2) is 0 Å². The molecule has 7 heteroatoms. The largest absolute Gasteiger partial charge is 0.496 e. The molecule has 1 aliphatic heterocycles. The number of hydrogen-bond acceptors (Lipinski definition) is 4. The highest BCUT2D eigenvalue weighted by Gasteiger charge is 2.26. The quantitative estimate of drug-likeness (QED) is 0.756. The van der Waals surface area contributed by atoms with Crippen LogP contribution in [0.2, 0.25) is 5.02 Å². The Bertz CT molecular complexity index is 795. The summed E-state index contributed by atoms with van der Waals surface area (Å²) in [6.45, 7) is 3.71. The summed E-state index contributed by atoms with van der Waals surface area (Å²) in [5.74, 6) is 0.0297. The van der Waals surface area contributed by atoms with Crippen molar-refractivity contribution in [3.63, 3.8) is 0 Å². The van der Waals surface area contributed by atoms with E-state index in [2.05, 4.69) is 4.90 Å². The first-order valence-electron chi connectivity index (χ1n) is 8.81. The first kappa shape index (κ1) is 19.5. The van der Waals surface area contributed by atoms with E-state index in [4.69, 9.17) is 21.1 Å². The highest BCUT2D eigenvalue weighted by atomic mass is 35.5. The molecular weight excluding hydrogens is 371 g/mol. The number of para-hydroxylation sites is 1. The molecule has 0 atom stereocenters. The highest BCUT2D eigenvalue weighted by molar-refractivity contribution is 6.32. The Hall–Kier alpha value is -2.31. The summed E-state index contributed by atoms with van der Waals surface area (Å²) >= 11 is 6.07. The number of piperazine rings is 1. The van der Waals surface area contributed by atoms with Gasteiger partial charge in [-0.05, 0) is 24.3 Å². The van der Waals surface area contributed by atoms with Crippen molar-refractivity contribution >= 4 is 17.5 Å². The van der Waals surface area contributed by atoms with Crippen LogP contribution in [0.5, 0.6) is 11.5 Å². The molecule has 2 aromatic rings. The van der Waals surface area contributed by atoms with Crippen LogP contribution in [0, 0.1) is 5.82 Å². The summed E-state index contributed by atoms with van der Waals surface area (Å²) in [4.78, 5) is 16.6. The van der Waals surface area contributed by atoms with Crippen molar-refractivity contribution in [2.24, 2.45) is 0 Å². The molecule has 1 amide bonds. The van der Waals surface area contributed by atoms with Gasteiger partial charge < -0.3 is 14.4 Å². The fourth-order valence-corrected chi connectivity index (χ4v) is 3.25. The van der Waals surface area contributed by atoms with Gasteiger partial charge in [-0.1, -0.05) is 29.8 Å². The van der Waals surface area contributed by atoms with Crippen molar-refractivity contribution < 1.29 is 18.7 Å². The zero-order valence-electron chi connectivity index (χ0n) is 15.2. The molecule has 0 aromatic heterocycles. The number of benzene rings is 2. The lowest BCUT2D eigenvalue weighted by Crippen LogP contribution is -2.49. The number of methoxy groups -OCH3 is 1. The van der Waals surface area contributed by atoms with Gasteiger partial charge in [-0.2, -0.15) is 0 Å². The van der Waals surface area contributed by atoms with Gasteiger partial charge in [-0.15, -0.1) is 0 Å². The normalized spacial score (nSPS) is 14.9. The number of carbonyl (C=O) groups excluding carboxylic acids is 1. The first-order valence-corrected chi connectivity index (χ1v) is 9.19. The predicted octanol–water partition coefficient (Wildman–Crippen LogP) is 3.32. The smallest absolute Gasteiger partial charge is 0.260 e. The zero-order valence-corrected chi connectivity index (χ0v) is 15.9. The molecule has 0 spiro atoms. The van der Waals surface area contributed by atoms with Crippen molar-refractivity contribution in [3.8, 4) is 11.5 Å². The van der Waals surface area contributed by atoms with Crippen LogP contribution < -0.4 is 9.47 Å². The van der Waals surface area contributed by atoms with Gasteiger partial charge >= 0.3 is 0 Å². The van der Waals surface area contributed by atoms with E-state index in [1.54, 1.807) is 17.0 Å². The second-order valence-electron chi connectivity index (χ2n) is 6.23. The summed E-state index contributed by atoms with van der Waals surface area (Å²) in [5.41, 5.74) is -0.00416. The van der Waals surface area contributed by atoms with E-state index in [0.717, 1.165) is 6.54 Å². The monoisotopic (exact) mass is 392 g/mol. The van der Waals surface area contributed by atoms with Crippen molar-refractivity contribution in [2.75, 3.05) is 46.4 Å². The zero-order chi connectivity index (χ0) is 19.2. The maximum atomic E-state index is 14.1. The molecule has 1 fully saturated rings. The second kappa shape index (κ2) is 9.06. The summed E-state index contributed by atoms with van der Waals surface area (Å²) in [7, 11) is 1.43. The molecule has 0 unspecified atom stereocenters. The lowest BCUT2D eigenvalue weighted by Gasteiger charge is -2.34. The van der Waals surface area contributed by atoms with E-state index in [0.29, 0.717) is 43.6 Å². The summed E-state index contributed by atoms with van der Waals surface area (Å²) in [6, 6.07) is 11.8. The average molecular weight is 393 g/mol. The third-order valence-corrected chi connectivity index (χ3v) is 4.88. The Balaban J connectivity index is 1.50. The molecule has 1 heterocycles. The van der Waals surface area contributed by atoms with Crippen LogP contribution in [0.25, 0.3) is 0 Å². The highest BCUT2D eigenvalue weighted by Crippen LogP contribution is 2.24. The number of rotatable bonds is 6. The fourth-order valence-electron chi connectivity index (χ4n) is 3.06. The van der Waals surface area contributed by atoms with Crippen LogP contribution in [0.1, 0.15) is 10.4 Å². The Morgan fingerprint density at radius 2 is 1.78 bits per heavy atom. The summed E-state index contributed by atoms with van der Waals surface area (Å²) < 4.78 is 25.0. The molecule has 0 radical (unpaired) electrons. The fraction of sp³-hybridized carbons (Fsp3) is 0.350. The SMILES string of the molecule is COc1cccc(F)c1C(=O)N1CCN(CCOc2ccccc2Cl)CC1. The van der Waals surface area contributed by atoms with E-state index in [9.17, 15) is 9.18 Å². The Kier molecular flexibility index (Phi) is 6.53. The van der Waals surface area contributed by atoms with Crippen molar-refractivity contribution in [1.29, 1.82) is 0 Å². The molecule has 0 bridgehead atoms. The molecule has 0 N–H and O–H groups in total. The van der Waals surface area contributed by atoms with E-state index < -0.39 is 5.82 Å². The van der Waals surface area contributed by atoms with Crippen LogP contribution in [0.4, 0.5) is 4.39 Å². The lowest BCUT2D eigenvalue weighted by molar-refractivity contribution is 0.0612. The van der Waals surface area contributed by atoms with Crippen molar-refractivity contribution in [3.05, 3.63) is 58.9 Å². The van der Waals surface area contributed by atoms with Crippen LogP contribution >= 0.6 is 11.6 Å². The molecule has 0 saturated carbocycles. The average Bonchev–Trinajstić information content (AvgIpc) is 2.69. The first-order chi connectivity index (χ1) is 13.1. The van der Waals surface area contributed by atoms with Gasteiger partial charge in [0.05, 0.1) is 12.1 Å². The number of carbonyl (C=O) groups is 1. The number of nitrogens with zero attached hydrogens (tertiary/aromatic N) is 2. The molecule has 3 rings (SSSR count). The van der Waals surface area contributed by atoms with Crippen LogP contribution in [-0.2, 0) is 0 Å². The summed E-state index contributed by atoms with van der Waals surface area (Å²) in [6.07, 6.45) is 0. The maximum absolute atomic E-state index is 14.1. The molecule has 27 heavy (non-hydrogen) atoms. The molecule has 1 aliphatic rings. The van der Waals surface area contributed by atoms with Crippen molar-refractivity contribution in [1.82, 2.24) is 9.80 Å². The van der Waals surface area contributed by atoms with Gasteiger partial charge in [0.2, 0.25) is 0 Å². The Morgan fingerprint density at radius 3 is 2.48 bits per heavy atom. The molecular formula is C20H22ClFN2O3. The lowest BCUT2D eigenvalue weighted by atomic mass is 10.1. The molecule has 0 aliphatic carbocycles. The Labute approximate surface area is 163 Å². The Morgan fingerprint density at radius 1 is 1.07 bits per heavy atom. The predicted molar refractivity (Wildman–Crippen MR) is 102 cm³/mol. The number of amides is 1. The third-order valence-electron chi connectivity index (χ3n) is 4.57. The molecule has 1 saturated heterocycles. The van der Waals surface area contributed by atoms with Crippen LogP contribution in [-0.4, -0.2) is 62.1 Å². The number of halogens is 2. The van der Waals surface area contributed by atoms with Gasteiger partial charge in [0, 0.05) is 32.7 Å². The molecule has 2 aromatic carbocycles. The number of ether oxygens (including phenoxy) is 2. The molecule has 144 valence electrons. The third kappa shape index (κ3) is 4.70. The van der Waals surface area contributed by atoms with Gasteiger partial charge in [0.25, 0.3) is 5.91 Å². The maximum Gasteiger partial charge on any atom is 0.260 e. The van der Waals surface area contributed by atoms with E-state index in [1.165, 1.54) is 19.2 Å². The van der Waals surface area contributed by atoms with E-state index >= 15 is 0 Å². The summed E-state index contributed by atoms with van der Waals surface area (Å²) in [5, 5.41) is 0.590. The standard InChI is InChI=1S/C20H22ClFN2O3/c1-26-18-8-4-6-16(22)19(18)20(25)24-11-9-23(10-12-24)13-14-27-17-7-3-2-5-15(17)21/h2-8H,9-14H2,1H3. The minimum absolute atomic E-state index is 0.00416. The minimum Gasteiger partial charge on any atom is -0.496 e. The van der Waals surface area contributed by atoms with E-state index in [-0.39, 0.29) is 17.2 Å².